The molecule has 0 saturated carbocycles. The van der Waals surface area contributed by atoms with Crippen LogP contribution in [0.1, 0.15) is 13.8 Å². The van der Waals surface area contributed by atoms with Gasteiger partial charge in [0, 0.05) is 0 Å². The molecule has 40 valence electrons. The molecule has 0 saturated heterocycles. The Balaban J connectivity index is 0. The number of carbonyl (C=O) groups is 1. The quantitative estimate of drug-likeness (QED) is 0.348. The second-order valence-corrected chi connectivity index (χ2v) is 1.37. The van der Waals surface area contributed by atoms with Gasteiger partial charge in [-0.25, -0.2) is 0 Å². The van der Waals surface area contributed by atoms with Gasteiger partial charge in [-0.15, -0.1) is 5.76 Å². The molecule has 0 aliphatic rings. The Bertz CT molecular complexity index is 103. The summed E-state index contributed by atoms with van der Waals surface area (Å²) in [5, 5.41) is 9.98. The smallest absolute Gasteiger partial charge is 0.876 e. The van der Waals surface area contributed by atoms with Gasteiger partial charge in [-0.2, -0.15) is 0 Å². The molecule has 3 heteroatoms. The molecule has 0 aliphatic heterocycles. The summed E-state index contributed by atoms with van der Waals surface area (Å²) >= 11 is 0. The Kier molecular flexibility index (Phi) is 8.54. The SMILES string of the molecule is CC(=O)/C=C(\C)[O-].[Ba+2]. The second-order valence-electron chi connectivity index (χ2n) is 1.37. The van der Waals surface area contributed by atoms with Crippen molar-refractivity contribution in [2.45, 2.75) is 13.8 Å². The molecular weight excluding hydrogens is 229 g/mol. The van der Waals surface area contributed by atoms with E-state index in [9.17, 15) is 9.90 Å². The second kappa shape index (κ2) is 5.91. The predicted molar refractivity (Wildman–Crippen MR) is 30.2 cm³/mol. The van der Waals surface area contributed by atoms with Crippen LogP contribution >= 0.6 is 0 Å². The summed E-state index contributed by atoms with van der Waals surface area (Å²) in [7, 11) is 0. The van der Waals surface area contributed by atoms with Gasteiger partial charge in [0.15, 0.2) is 5.78 Å². The third kappa shape index (κ3) is 9.91. The minimum Gasteiger partial charge on any atom is -0.876 e. The van der Waals surface area contributed by atoms with Crippen LogP contribution in [0.15, 0.2) is 11.8 Å². The number of ketones is 1. The molecule has 0 aromatic rings. The third-order valence-electron chi connectivity index (χ3n) is 0.407. The fourth-order valence-electron chi connectivity index (χ4n) is 0.286. The van der Waals surface area contributed by atoms with Crippen molar-refractivity contribution in [1.29, 1.82) is 0 Å². The minimum atomic E-state index is -0.187. The Morgan fingerprint density at radius 2 is 1.88 bits per heavy atom. The first-order valence-electron chi connectivity index (χ1n) is 1.99. The molecule has 0 heterocycles. The van der Waals surface area contributed by atoms with Crippen LogP contribution in [-0.4, -0.2) is 54.7 Å². The molecule has 2 nitrogen and oxygen atoms in total. The summed E-state index contributed by atoms with van der Waals surface area (Å²) in [6, 6.07) is 0. The summed E-state index contributed by atoms with van der Waals surface area (Å²) in [4.78, 5) is 9.98. The van der Waals surface area contributed by atoms with Crippen molar-refractivity contribution in [2.24, 2.45) is 0 Å². The Morgan fingerprint density at radius 1 is 1.50 bits per heavy atom. The first kappa shape index (κ1) is 11.6. The molecule has 0 atom stereocenters. The topological polar surface area (TPSA) is 40.1 Å². The van der Waals surface area contributed by atoms with E-state index in [2.05, 4.69) is 0 Å². The normalized spacial score (nSPS) is 10.0. The zero-order chi connectivity index (χ0) is 5.86. The van der Waals surface area contributed by atoms with E-state index in [-0.39, 0.29) is 60.4 Å². The van der Waals surface area contributed by atoms with E-state index >= 15 is 0 Å². The molecule has 0 fully saturated rings. The Hall–Kier alpha value is 0.781. The summed E-state index contributed by atoms with van der Waals surface area (Å²) in [6.45, 7) is 2.70. The maximum absolute atomic E-state index is 9.98. The molecule has 0 rings (SSSR count). The van der Waals surface area contributed by atoms with Crippen molar-refractivity contribution in [2.75, 3.05) is 0 Å². The standard InChI is InChI=1S/C5H8O2.Ba/c1-4(6)3-5(2)7;/h3,6H,1-2H3;/q;+2/p-1/b4-3+;. The van der Waals surface area contributed by atoms with Crippen LogP contribution < -0.4 is 5.11 Å². The van der Waals surface area contributed by atoms with E-state index in [4.69, 9.17) is 0 Å². The number of allylic oxidation sites excluding steroid dienone is 2. The molecule has 0 amide bonds. The number of hydrogen-bond donors (Lipinski definition) is 0. The number of rotatable bonds is 1. The first-order valence-corrected chi connectivity index (χ1v) is 1.99. The van der Waals surface area contributed by atoms with Crippen molar-refractivity contribution >= 4 is 54.7 Å². The summed E-state index contributed by atoms with van der Waals surface area (Å²) < 4.78 is 0. The van der Waals surface area contributed by atoms with Gasteiger partial charge in [0.05, 0.1) is 0 Å². The van der Waals surface area contributed by atoms with Crippen molar-refractivity contribution in [3.63, 3.8) is 0 Å². The van der Waals surface area contributed by atoms with Gasteiger partial charge in [-0.1, -0.05) is 6.92 Å². The molecule has 0 radical (unpaired) electrons. The van der Waals surface area contributed by atoms with E-state index in [1.807, 2.05) is 0 Å². The number of hydrogen-bond acceptors (Lipinski definition) is 2. The van der Waals surface area contributed by atoms with Gasteiger partial charge in [-0.3, -0.25) is 4.79 Å². The Labute approximate surface area is 89.0 Å². The molecular formula is C5H7BaO2+. The summed E-state index contributed by atoms with van der Waals surface area (Å²) in [5.74, 6) is -0.375. The van der Waals surface area contributed by atoms with E-state index in [1.165, 1.54) is 13.8 Å². The number of carbonyl (C=O) groups excluding carboxylic acids is 1. The Morgan fingerprint density at radius 3 is 1.88 bits per heavy atom. The first-order chi connectivity index (χ1) is 3.13. The van der Waals surface area contributed by atoms with Gasteiger partial charge >= 0.3 is 48.9 Å². The van der Waals surface area contributed by atoms with E-state index < -0.39 is 0 Å². The maximum atomic E-state index is 9.98. The van der Waals surface area contributed by atoms with Gasteiger partial charge in [-0.05, 0) is 13.0 Å². The molecule has 0 aliphatic carbocycles. The van der Waals surface area contributed by atoms with Crippen molar-refractivity contribution in [1.82, 2.24) is 0 Å². The van der Waals surface area contributed by atoms with Crippen LogP contribution in [0, 0.1) is 0 Å². The minimum absolute atomic E-state index is 0. The predicted octanol–water partition coefficient (Wildman–Crippen LogP) is -0.541. The fourth-order valence-corrected chi connectivity index (χ4v) is 0.286. The average molecular weight is 236 g/mol. The summed E-state index contributed by atoms with van der Waals surface area (Å²) in [6.07, 6.45) is 1.06. The largest absolute Gasteiger partial charge is 2.00 e. The fraction of sp³-hybridized carbons (Fsp3) is 0.400. The molecule has 8 heavy (non-hydrogen) atoms. The monoisotopic (exact) mass is 237 g/mol. The van der Waals surface area contributed by atoms with Crippen molar-refractivity contribution in [3.05, 3.63) is 11.8 Å². The molecule has 0 spiro atoms. The van der Waals surface area contributed by atoms with Crippen LogP contribution in [-0.2, 0) is 4.79 Å². The van der Waals surface area contributed by atoms with Crippen LogP contribution in [0.5, 0.6) is 0 Å². The van der Waals surface area contributed by atoms with Crippen LogP contribution in [0.25, 0.3) is 0 Å². The maximum Gasteiger partial charge on any atom is 2.00 e. The zero-order valence-electron chi connectivity index (χ0n) is 5.10. The van der Waals surface area contributed by atoms with E-state index in [0.29, 0.717) is 0 Å². The van der Waals surface area contributed by atoms with E-state index in [0.717, 1.165) is 6.08 Å². The molecule has 0 unspecified atom stereocenters. The van der Waals surface area contributed by atoms with Crippen molar-refractivity contribution < 1.29 is 9.90 Å². The van der Waals surface area contributed by atoms with Crippen LogP contribution in [0.3, 0.4) is 0 Å². The van der Waals surface area contributed by atoms with Gasteiger partial charge < -0.3 is 5.11 Å². The van der Waals surface area contributed by atoms with Gasteiger partial charge in [0.25, 0.3) is 0 Å². The molecule has 0 bridgehead atoms. The van der Waals surface area contributed by atoms with Crippen molar-refractivity contribution in [3.8, 4) is 0 Å². The van der Waals surface area contributed by atoms with Crippen LogP contribution in [0.4, 0.5) is 0 Å². The van der Waals surface area contributed by atoms with Gasteiger partial charge in [0.1, 0.15) is 0 Å². The van der Waals surface area contributed by atoms with Crippen LogP contribution in [0.2, 0.25) is 0 Å². The molecule has 0 N–H and O–H groups in total. The molecule has 0 aromatic carbocycles. The molecule has 0 aromatic heterocycles. The van der Waals surface area contributed by atoms with Gasteiger partial charge in [0.2, 0.25) is 0 Å². The summed E-state index contributed by atoms with van der Waals surface area (Å²) in [5.41, 5.74) is 0. The zero-order valence-corrected chi connectivity index (χ0v) is 9.54. The van der Waals surface area contributed by atoms with E-state index in [1.54, 1.807) is 0 Å². The third-order valence-corrected chi connectivity index (χ3v) is 0.407. The average Bonchev–Trinajstić information content (AvgIpc) is 1.27.